The number of hydrogen-bond acceptors (Lipinski definition) is 3. The Balaban J connectivity index is 2.85. The third-order valence-corrected chi connectivity index (χ3v) is 2.52. The lowest BCUT2D eigenvalue weighted by Crippen LogP contribution is -2.34. The lowest BCUT2D eigenvalue weighted by atomic mass is 10.1. The SMILES string of the molecule is CCN(CC(C)C)C(=O)c1ccnc(NC)c1. The molecule has 0 radical (unpaired) electrons. The number of anilines is 1. The largest absolute Gasteiger partial charge is 0.373 e. The van der Waals surface area contributed by atoms with Gasteiger partial charge in [0.05, 0.1) is 0 Å². The first kappa shape index (κ1) is 13.5. The Morgan fingerprint density at radius 3 is 2.76 bits per heavy atom. The molecule has 0 aromatic carbocycles. The number of amides is 1. The minimum absolute atomic E-state index is 0.0695. The standard InChI is InChI=1S/C13H21N3O/c1-5-16(9-10(2)3)13(17)11-6-7-15-12(8-11)14-4/h6-8,10H,5,9H2,1-4H3,(H,14,15). The molecule has 1 heterocycles. The molecule has 94 valence electrons. The second-order valence-corrected chi connectivity index (χ2v) is 4.42. The number of carbonyl (C=O) groups is 1. The Morgan fingerprint density at radius 2 is 2.24 bits per heavy atom. The molecule has 0 unspecified atom stereocenters. The Labute approximate surface area is 103 Å². The molecule has 0 spiro atoms. The van der Waals surface area contributed by atoms with Crippen molar-refractivity contribution in [1.29, 1.82) is 0 Å². The normalized spacial score (nSPS) is 10.4. The highest BCUT2D eigenvalue weighted by molar-refractivity contribution is 5.94. The van der Waals surface area contributed by atoms with E-state index < -0.39 is 0 Å². The van der Waals surface area contributed by atoms with Gasteiger partial charge < -0.3 is 10.2 Å². The quantitative estimate of drug-likeness (QED) is 0.851. The number of pyridine rings is 1. The highest BCUT2D eigenvalue weighted by Crippen LogP contribution is 2.10. The van der Waals surface area contributed by atoms with E-state index in [1.807, 2.05) is 11.8 Å². The van der Waals surface area contributed by atoms with Crippen molar-refractivity contribution in [1.82, 2.24) is 9.88 Å². The van der Waals surface area contributed by atoms with Gasteiger partial charge in [0.25, 0.3) is 5.91 Å². The van der Waals surface area contributed by atoms with Gasteiger partial charge in [-0.3, -0.25) is 4.79 Å². The second-order valence-electron chi connectivity index (χ2n) is 4.42. The van der Waals surface area contributed by atoms with E-state index in [0.717, 1.165) is 18.9 Å². The molecule has 1 amide bonds. The number of hydrogen-bond donors (Lipinski definition) is 1. The molecule has 1 N–H and O–H groups in total. The summed E-state index contributed by atoms with van der Waals surface area (Å²) in [7, 11) is 1.79. The highest BCUT2D eigenvalue weighted by Gasteiger charge is 2.15. The fraction of sp³-hybridized carbons (Fsp3) is 0.538. The van der Waals surface area contributed by atoms with Crippen LogP contribution in [0.3, 0.4) is 0 Å². The summed E-state index contributed by atoms with van der Waals surface area (Å²) >= 11 is 0. The maximum atomic E-state index is 12.2. The van der Waals surface area contributed by atoms with Crippen molar-refractivity contribution in [3.8, 4) is 0 Å². The Kier molecular flexibility index (Phi) is 4.94. The second kappa shape index (κ2) is 6.23. The first-order valence-electron chi connectivity index (χ1n) is 6.01. The summed E-state index contributed by atoms with van der Waals surface area (Å²) in [5.74, 6) is 1.26. The smallest absolute Gasteiger partial charge is 0.254 e. The lowest BCUT2D eigenvalue weighted by molar-refractivity contribution is 0.0745. The molecular weight excluding hydrogens is 214 g/mol. The average Bonchev–Trinajstić information content (AvgIpc) is 2.35. The molecule has 17 heavy (non-hydrogen) atoms. The molecule has 0 aliphatic rings. The van der Waals surface area contributed by atoms with Crippen molar-refractivity contribution in [3.05, 3.63) is 23.9 Å². The lowest BCUT2D eigenvalue weighted by Gasteiger charge is -2.23. The van der Waals surface area contributed by atoms with E-state index >= 15 is 0 Å². The monoisotopic (exact) mass is 235 g/mol. The van der Waals surface area contributed by atoms with Gasteiger partial charge in [-0.25, -0.2) is 4.98 Å². The minimum Gasteiger partial charge on any atom is -0.373 e. The fourth-order valence-corrected chi connectivity index (χ4v) is 1.68. The molecule has 4 heteroatoms. The van der Waals surface area contributed by atoms with Gasteiger partial charge in [-0.2, -0.15) is 0 Å². The number of carbonyl (C=O) groups excluding carboxylic acids is 1. The third-order valence-electron chi connectivity index (χ3n) is 2.52. The zero-order valence-corrected chi connectivity index (χ0v) is 11.0. The first-order valence-corrected chi connectivity index (χ1v) is 6.01. The predicted octanol–water partition coefficient (Wildman–Crippen LogP) is 2.24. The van der Waals surface area contributed by atoms with Crippen LogP contribution in [0.2, 0.25) is 0 Å². The van der Waals surface area contributed by atoms with Gasteiger partial charge in [0.1, 0.15) is 5.82 Å². The van der Waals surface area contributed by atoms with Crippen LogP contribution in [0.15, 0.2) is 18.3 Å². The molecule has 0 fully saturated rings. The summed E-state index contributed by atoms with van der Waals surface area (Å²) in [5.41, 5.74) is 0.687. The summed E-state index contributed by atoms with van der Waals surface area (Å²) in [6.07, 6.45) is 1.66. The Morgan fingerprint density at radius 1 is 1.53 bits per heavy atom. The summed E-state index contributed by atoms with van der Waals surface area (Å²) in [5, 5.41) is 2.94. The number of aromatic nitrogens is 1. The average molecular weight is 235 g/mol. The van der Waals surface area contributed by atoms with Crippen molar-refractivity contribution in [2.45, 2.75) is 20.8 Å². The van der Waals surface area contributed by atoms with Gasteiger partial charge in [0, 0.05) is 31.9 Å². The van der Waals surface area contributed by atoms with Crippen LogP contribution < -0.4 is 5.32 Å². The fourth-order valence-electron chi connectivity index (χ4n) is 1.68. The topological polar surface area (TPSA) is 45.2 Å². The van der Waals surface area contributed by atoms with Crippen molar-refractivity contribution >= 4 is 11.7 Å². The van der Waals surface area contributed by atoms with E-state index in [4.69, 9.17) is 0 Å². The Bertz CT molecular complexity index is 377. The van der Waals surface area contributed by atoms with Gasteiger partial charge in [-0.05, 0) is 25.0 Å². The van der Waals surface area contributed by atoms with E-state index in [-0.39, 0.29) is 5.91 Å². The molecule has 0 aliphatic heterocycles. The third kappa shape index (κ3) is 3.73. The van der Waals surface area contributed by atoms with Crippen LogP contribution in [0.5, 0.6) is 0 Å². The van der Waals surface area contributed by atoms with Crippen LogP contribution in [0.25, 0.3) is 0 Å². The van der Waals surface area contributed by atoms with Crippen LogP contribution in [0.4, 0.5) is 5.82 Å². The first-order chi connectivity index (χ1) is 8.08. The Hall–Kier alpha value is -1.58. The summed E-state index contributed by atoms with van der Waals surface area (Å²) in [6, 6.07) is 3.54. The maximum absolute atomic E-state index is 12.2. The summed E-state index contributed by atoms with van der Waals surface area (Å²) in [6.45, 7) is 7.74. The van der Waals surface area contributed by atoms with E-state index in [1.165, 1.54) is 0 Å². The molecule has 0 saturated carbocycles. The number of nitrogens with one attached hydrogen (secondary N) is 1. The molecule has 1 aromatic rings. The highest BCUT2D eigenvalue weighted by atomic mass is 16.2. The van der Waals surface area contributed by atoms with Crippen molar-refractivity contribution in [3.63, 3.8) is 0 Å². The van der Waals surface area contributed by atoms with Gasteiger partial charge >= 0.3 is 0 Å². The molecule has 1 aromatic heterocycles. The molecule has 0 atom stereocenters. The van der Waals surface area contributed by atoms with Gasteiger partial charge in [0.15, 0.2) is 0 Å². The van der Waals surface area contributed by atoms with E-state index in [9.17, 15) is 4.79 Å². The van der Waals surface area contributed by atoms with E-state index in [2.05, 4.69) is 24.1 Å². The zero-order chi connectivity index (χ0) is 12.8. The summed E-state index contributed by atoms with van der Waals surface area (Å²) in [4.78, 5) is 18.2. The van der Waals surface area contributed by atoms with Gasteiger partial charge in [-0.15, -0.1) is 0 Å². The van der Waals surface area contributed by atoms with Crippen LogP contribution in [-0.4, -0.2) is 35.9 Å². The van der Waals surface area contributed by atoms with Crippen LogP contribution in [-0.2, 0) is 0 Å². The molecule has 4 nitrogen and oxygen atoms in total. The summed E-state index contributed by atoms with van der Waals surface area (Å²) < 4.78 is 0. The molecular formula is C13H21N3O. The van der Waals surface area contributed by atoms with Crippen LogP contribution in [0.1, 0.15) is 31.1 Å². The van der Waals surface area contributed by atoms with Gasteiger partial charge in [0.2, 0.25) is 0 Å². The van der Waals surface area contributed by atoms with Crippen molar-refractivity contribution in [2.75, 3.05) is 25.5 Å². The maximum Gasteiger partial charge on any atom is 0.254 e. The zero-order valence-electron chi connectivity index (χ0n) is 11.0. The number of rotatable bonds is 5. The minimum atomic E-state index is 0.0695. The van der Waals surface area contributed by atoms with Crippen molar-refractivity contribution < 1.29 is 4.79 Å². The van der Waals surface area contributed by atoms with E-state index in [0.29, 0.717) is 11.5 Å². The van der Waals surface area contributed by atoms with Crippen molar-refractivity contribution in [2.24, 2.45) is 5.92 Å². The molecule has 0 bridgehead atoms. The molecule has 0 saturated heterocycles. The van der Waals surface area contributed by atoms with E-state index in [1.54, 1.807) is 25.4 Å². The molecule has 0 aliphatic carbocycles. The van der Waals surface area contributed by atoms with Crippen LogP contribution >= 0.6 is 0 Å². The van der Waals surface area contributed by atoms with Crippen LogP contribution in [0, 0.1) is 5.92 Å². The molecule has 1 rings (SSSR count). The number of nitrogens with zero attached hydrogens (tertiary/aromatic N) is 2. The van der Waals surface area contributed by atoms with Gasteiger partial charge in [-0.1, -0.05) is 13.8 Å². The predicted molar refractivity (Wildman–Crippen MR) is 70.2 cm³/mol.